The van der Waals surface area contributed by atoms with Gasteiger partial charge in [-0.1, -0.05) is 61.0 Å². The third-order valence-electron chi connectivity index (χ3n) is 5.61. The van der Waals surface area contributed by atoms with Crippen LogP contribution in [0.2, 0.25) is 0 Å². The zero-order valence-electron chi connectivity index (χ0n) is 26.2. The number of nitrogens with two attached hydrogens (primary N) is 2. The van der Waals surface area contributed by atoms with Gasteiger partial charge in [0.15, 0.2) is 0 Å². The monoisotopic (exact) mass is 563 g/mol. The van der Waals surface area contributed by atoms with Crippen LogP contribution in [-0.2, 0) is 14.4 Å². The number of rotatable bonds is 15. The first-order chi connectivity index (χ1) is 17.9. The molecule has 9 N–H and O–H groups in total. The topological polar surface area (TPSA) is 196 Å². The normalized spacial score (nSPS) is 12.8. The van der Waals surface area contributed by atoms with Crippen molar-refractivity contribution >= 4 is 17.8 Å². The number of allylic oxidation sites excluding steroid dienone is 1. The number of aliphatic carboxylic acids is 2. The lowest BCUT2D eigenvalue weighted by molar-refractivity contribution is -0.140. The predicted molar refractivity (Wildman–Crippen MR) is 159 cm³/mol. The Hall–Kier alpha value is -2.01. The SMILES string of the molecule is CC=C(C)C(O)CC(C)(C)CCC(C)(C)CC(=O)O.CCC.CCC(=O)NCCN.NC(CCCO)C(=O)O. The van der Waals surface area contributed by atoms with Crippen molar-refractivity contribution in [3.8, 4) is 0 Å². The molecule has 1 amide bonds. The summed E-state index contributed by atoms with van der Waals surface area (Å²) in [5.41, 5.74) is 11.0. The minimum atomic E-state index is -1.01. The van der Waals surface area contributed by atoms with Crippen LogP contribution >= 0.6 is 0 Å². The highest BCUT2D eigenvalue weighted by Gasteiger charge is 2.28. The molecular formula is C29H61N3O7. The quantitative estimate of drug-likeness (QED) is 0.144. The van der Waals surface area contributed by atoms with Crippen molar-refractivity contribution in [2.45, 2.75) is 126 Å². The molecule has 10 nitrogen and oxygen atoms in total. The van der Waals surface area contributed by atoms with E-state index >= 15 is 0 Å². The fourth-order valence-corrected chi connectivity index (χ4v) is 2.92. The van der Waals surface area contributed by atoms with Crippen molar-refractivity contribution in [1.29, 1.82) is 0 Å². The van der Waals surface area contributed by atoms with Crippen LogP contribution in [0.3, 0.4) is 0 Å². The number of carboxylic acids is 2. The summed E-state index contributed by atoms with van der Waals surface area (Å²) >= 11 is 0. The van der Waals surface area contributed by atoms with E-state index in [1.54, 1.807) is 0 Å². The van der Waals surface area contributed by atoms with Gasteiger partial charge < -0.3 is 37.2 Å². The zero-order chi connectivity index (χ0) is 31.7. The molecule has 0 heterocycles. The Labute approximate surface area is 237 Å². The fraction of sp³-hybridized carbons (Fsp3) is 0.828. The zero-order valence-corrected chi connectivity index (χ0v) is 26.2. The van der Waals surface area contributed by atoms with Crippen LogP contribution in [0.15, 0.2) is 11.6 Å². The molecule has 0 aromatic rings. The van der Waals surface area contributed by atoms with Crippen LogP contribution in [0.4, 0.5) is 0 Å². The number of aliphatic hydroxyl groups is 2. The van der Waals surface area contributed by atoms with Gasteiger partial charge in [0, 0.05) is 26.1 Å². The van der Waals surface area contributed by atoms with Gasteiger partial charge in [0.1, 0.15) is 6.04 Å². The van der Waals surface area contributed by atoms with Crippen LogP contribution in [0.5, 0.6) is 0 Å². The van der Waals surface area contributed by atoms with E-state index in [0.717, 1.165) is 18.4 Å². The highest BCUT2D eigenvalue weighted by atomic mass is 16.4. The Bertz CT molecular complexity index is 665. The molecule has 0 aromatic carbocycles. The molecule has 0 aliphatic heterocycles. The average molecular weight is 564 g/mol. The summed E-state index contributed by atoms with van der Waals surface area (Å²) in [4.78, 5) is 31.2. The Balaban J connectivity index is -0.000000253. The van der Waals surface area contributed by atoms with Gasteiger partial charge in [-0.3, -0.25) is 14.4 Å². The molecule has 0 saturated heterocycles. The number of hydrogen-bond acceptors (Lipinski definition) is 7. The lowest BCUT2D eigenvalue weighted by atomic mass is 9.74. The van der Waals surface area contributed by atoms with E-state index in [1.165, 1.54) is 6.42 Å². The Morgan fingerprint density at radius 2 is 1.49 bits per heavy atom. The third kappa shape index (κ3) is 34.0. The minimum Gasteiger partial charge on any atom is -0.481 e. The molecule has 234 valence electrons. The fourth-order valence-electron chi connectivity index (χ4n) is 2.92. The second kappa shape index (κ2) is 26.2. The van der Waals surface area contributed by atoms with E-state index in [1.807, 2.05) is 40.7 Å². The van der Waals surface area contributed by atoms with E-state index in [4.69, 9.17) is 26.8 Å². The minimum absolute atomic E-state index is 0.000972. The maximum absolute atomic E-state index is 10.8. The van der Waals surface area contributed by atoms with Crippen molar-refractivity contribution in [2.75, 3.05) is 19.7 Å². The maximum Gasteiger partial charge on any atom is 0.320 e. The summed E-state index contributed by atoms with van der Waals surface area (Å²) in [5, 5.41) is 38.0. The summed E-state index contributed by atoms with van der Waals surface area (Å²) in [6.07, 6.45) is 6.80. The highest BCUT2D eigenvalue weighted by molar-refractivity contribution is 5.75. The van der Waals surface area contributed by atoms with Crippen LogP contribution in [0, 0.1) is 10.8 Å². The molecule has 2 atom stereocenters. The molecule has 0 bridgehead atoms. The first-order valence-corrected chi connectivity index (χ1v) is 14.0. The number of carboxylic acid groups (broad SMARTS) is 2. The predicted octanol–water partition coefficient (Wildman–Crippen LogP) is 4.07. The molecule has 0 radical (unpaired) electrons. The van der Waals surface area contributed by atoms with Crippen molar-refractivity contribution < 1.29 is 34.8 Å². The van der Waals surface area contributed by atoms with Crippen molar-refractivity contribution in [3.05, 3.63) is 11.6 Å². The van der Waals surface area contributed by atoms with Crippen molar-refractivity contribution in [1.82, 2.24) is 5.32 Å². The maximum atomic E-state index is 10.8. The van der Waals surface area contributed by atoms with E-state index in [9.17, 15) is 19.5 Å². The van der Waals surface area contributed by atoms with Gasteiger partial charge in [0.25, 0.3) is 0 Å². The number of aliphatic hydroxyl groups excluding tert-OH is 2. The van der Waals surface area contributed by atoms with Gasteiger partial charge in [-0.2, -0.15) is 0 Å². The number of carbonyl (C=O) groups is 3. The van der Waals surface area contributed by atoms with Crippen LogP contribution < -0.4 is 16.8 Å². The summed E-state index contributed by atoms with van der Waals surface area (Å²) in [6, 6.07) is -0.822. The molecule has 0 aromatic heterocycles. The molecule has 0 rings (SSSR count). The largest absolute Gasteiger partial charge is 0.481 e. The molecule has 39 heavy (non-hydrogen) atoms. The molecule has 10 heteroatoms. The molecule has 0 aliphatic rings. The molecule has 0 fully saturated rings. The second-order valence-corrected chi connectivity index (χ2v) is 11.2. The summed E-state index contributed by atoms with van der Waals surface area (Å²) in [7, 11) is 0. The third-order valence-corrected chi connectivity index (χ3v) is 5.61. The van der Waals surface area contributed by atoms with Gasteiger partial charge in [0.2, 0.25) is 5.91 Å². The number of carbonyl (C=O) groups excluding carboxylic acids is 1. The molecular weight excluding hydrogens is 502 g/mol. The standard InChI is InChI=1S/C16H30O3.C5H12N2O.C5H11NO3.C3H8/c1-7-12(2)13(17)10-15(3,4)8-9-16(5,6)11-14(18)19;1-2-5(8)7-4-3-6;6-4(5(8)9)2-1-3-7;1-3-2/h7,13,17H,8-11H2,1-6H3,(H,18,19);2-4,6H2,1H3,(H,7,8);4,7H,1-3,6H2,(H,8,9);3H2,1-2H3. The lowest BCUT2D eigenvalue weighted by Gasteiger charge is -2.32. The van der Waals surface area contributed by atoms with Crippen LogP contribution in [-0.4, -0.2) is 70.1 Å². The van der Waals surface area contributed by atoms with Crippen LogP contribution in [0.1, 0.15) is 114 Å². The molecule has 0 aliphatic carbocycles. The highest BCUT2D eigenvalue weighted by Crippen LogP contribution is 2.36. The van der Waals surface area contributed by atoms with Gasteiger partial charge in [0.05, 0.1) is 12.5 Å². The summed E-state index contributed by atoms with van der Waals surface area (Å²) in [5.74, 6) is -1.69. The Morgan fingerprint density at radius 1 is 1.00 bits per heavy atom. The average Bonchev–Trinajstić information content (AvgIpc) is 2.84. The lowest BCUT2D eigenvalue weighted by Crippen LogP contribution is -2.29. The van der Waals surface area contributed by atoms with E-state index in [2.05, 4.69) is 33.0 Å². The first-order valence-electron chi connectivity index (χ1n) is 14.0. The number of nitrogens with one attached hydrogen (secondary N) is 1. The molecule has 0 spiro atoms. The molecule has 0 saturated carbocycles. The summed E-state index contributed by atoms with van der Waals surface area (Å²) in [6.45, 7) is 19.3. The van der Waals surface area contributed by atoms with E-state index in [-0.39, 0.29) is 29.8 Å². The number of amides is 1. The van der Waals surface area contributed by atoms with E-state index < -0.39 is 24.1 Å². The summed E-state index contributed by atoms with van der Waals surface area (Å²) < 4.78 is 0. The van der Waals surface area contributed by atoms with Gasteiger partial charge in [-0.15, -0.1) is 0 Å². The Morgan fingerprint density at radius 3 is 1.85 bits per heavy atom. The smallest absolute Gasteiger partial charge is 0.320 e. The van der Waals surface area contributed by atoms with Crippen molar-refractivity contribution in [2.24, 2.45) is 22.3 Å². The molecule has 2 unspecified atom stereocenters. The Kier molecular flexibility index (Phi) is 29.6. The van der Waals surface area contributed by atoms with Crippen LogP contribution in [0.25, 0.3) is 0 Å². The first kappa shape index (κ1) is 44.0. The second-order valence-electron chi connectivity index (χ2n) is 11.2. The van der Waals surface area contributed by atoms with Gasteiger partial charge in [-0.25, -0.2) is 0 Å². The number of hydrogen-bond donors (Lipinski definition) is 7. The van der Waals surface area contributed by atoms with Gasteiger partial charge in [-0.05, 0) is 62.4 Å². The van der Waals surface area contributed by atoms with Crippen molar-refractivity contribution in [3.63, 3.8) is 0 Å². The van der Waals surface area contributed by atoms with Gasteiger partial charge >= 0.3 is 11.9 Å². The van der Waals surface area contributed by atoms with E-state index in [0.29, 0.717) is 38.8 Å².